The van der Waals surface area contributed by atoms with Crippen molar-refractivity contribution in [2.75, 3.05) is 19.5 Å². The van der Waals surface area contributed by atoms with Crippen LogP contribution in [0.25, 0.3) is 16.6 Å². The van der Waals surface area contributed by atoms with Crippen LogP contribution in [-0.4, -0.2) is 34.0 Å². The maximum atomic E-state index is 12.3. The highest BCUT2D eigenvalue weighted by Crippen LogP contribution is 2.32. The molecule has 1 aromatic carbocycles. The van der Waals surface area contributed by atoms with E-state index in [9.17, 15) is 10.1 Å². The van der Waals surface area contributed by atoms with Crippen LogP contribution in [0.3, 0.4) is 0 Å². The molecule has 1 atom stereocenters. The summed E-state index contributed by atoms with van der Waals surface area (Å²) in [6.45, 7) is 0.691. The van der Waals surface area contributed by atoms with Gasteiger partial charge in [-0.2, -0.15) is 10.4 Å². The fourth-order valence-electron chi connectivity index (χ4n) is 3.52. The molecule has 0 saturated carbocycles. The van der Waals surface area contributed by atoms with E-state index in [1.807, 2.05) is 29.0 Å². The number of methoxy groups -OCH3 is 1. The molecule has 8 nitrogen and oxygen atoms in total. The Kier molecular flexibility index (Phi) is 4.30. The largest absolute Gasteiger partial charge is 0.464 e. The molecule has 0 bridgehead atoms. The Bertz CT molecular complexity index is 1050. The molecular weight excluding hydrogens is 346 g/mol. The molecule has 8 heteroatoms. The number of hydrogen-bond donors (Lipinski definition) is 1. The molecule has 2 N–H and O–H groups in total. The summed E-state index contributed by atoms with van der Waals surface area (Å²) in [7, 11) is 1.28. The lowest BCUT2D eigenvalue weighted by Gasteiger charge is -2.24. The Balaban J connectivity index is 1.96. The molecule has 1 aliphatic heterocycles. The fourth-order valence-corrected chi connectivity index (χ4v) is 3.52. The standard InChI is InChI=1S/C19H19N5O3/c1-26-19(25)18-16(21)13(9-20)11-23(18)14-6-4-5-12-10-22-24(17(12)14)15-7-2-3-8-27-15/h4-6,10-11,15H,2-3,7-8,21H2,1H3. The average molecular weight is 365 g/mol. The second kappa shape index (κ2) is 6.78. The van der Waals surface area contributed by atoms with Crippen LogP contribution in [0.2, 0.25) is 0 Å². The average Bonchev–Trinajstić information content (AvgIpc) is 3.29. The Morgan fingerprint density at radius 3 is 3.00 bits per heavy atom. The van der Waals surface area contributed by atoms with Crippen molar-refractivity contribution in [2.24, 2.45) is 0 Å². The summed E-state index contributed by atoms with van der Waals surface area (Å²) in [6.07, 6.45) is 6.13. The van der Waals surface area contributed by atoms with Crippen LogP contribution in [-0.2, 0) is 9.47 Å². The third-order valence-corrected chi connectivity index (χ3v) is 4.83. The number of aromatic nitrogens is 3. The fraction of sp³-hybridized carbons (Fsp3) is 0.316. The molecule has 27 heavy (non-hydrogen) atoms. The minimum atomic E-state index is -0.606. The van der Waals surface area contributed by atoms with Crippen LogP contribution in [0.5, 0.6) is 0 Å². The van der Waals surface area contributed by atoms with E-state index in [2.05, 4.69) is 5.10 Å². The van der Waals surface area contributed by atoms with Crippen molar-refractivity contribution in [1.82, 2.24) is 14.3 Å². The lowest BCUT2D eigenvalue weighted by atomic mass is 10.1. The summed E-state index contributed by atoms with van der Waals surface area (Å²) < 4.78 is 14.2. The first kappa shape index (κ1) is 17.1. The summed E-state index contributed by atoms with van der Waals surface area (Å²) in [5, 5.41) is 14.8. The molecule has 0 radical (unpaired) electrons. The van der Waals surface area contributed by atoms with Crippen molar-refractivity contribution >= 4 is 22.6 Å². The van der Waals surface area contributed by atoms with Crippen molar-refractivity contribution in [3.05, 3.63) is 41.9 Å². The SMILES string of the molecule is COC(=O)c1c(N)c(C#N)cn1-c1cccc2cnn(C3CCCCO3)c12. The van der Waals surface area contributed by atoms with E-state index in [-0.39, 0.29) is 23.2 Å². The van der Waals surface area contributed by atoms with Crippen LogP contribution in [0.4, 0.5) is 5.69 Å². The number of nitrogens with two attached hydrogens (primary N) is 1. The van der Waals surface area contributed by atoms with Gasteiger partial charge in [0.05, 0.1) is 35.8 Å². The highest BCUT2D eigenvalue weighted by Gasteiger charge is 2.25. The third kappa shape index (κ3) is 2.73. The maximum absolute atomic E-state index is 12.3. The van der Waals surface area contributed by atoms with Gasteiger partial charge in [-0.3, -0.25) is 0 Å². The smallest absolute Gasteiger partial charge is 0.357 e. The minimum Gasteiger partial charge on any atom is -0.464 e. The predicted octanol–water partition coefficient (Wildman–Crippen LogP) is 2.77. The van der Waals surface area contributed by atoms with E-state index >= 15 is 0 Å². The van der Waals surface area contributed by atoms with Crippen LogP contribution in [0.15, 0.2) is 30.6 Å². The van der Waals surface area contributed by atoms with Gasteiger partial charge in [0, 0.05) is 18.2 Å². The minimum absolute atomic E-state index is 0.0985. The summed E-state index contributed by atoms with van der Waals surface area (Å²) >= 11 is 0. The highest BCUT2D eigenvalue weighted by molar-refractivity contribution is 5.97. The number of carbonyl (C=O) groups excluding carboxylic acids is 1. The molecule has 1 saturated heterocycles. The number of nitrogens with zero attached hydrogens (tertiary/aromatic N) is 4. The molecule has 0 amide bonds. The Morgan fingerprint density at radius 2 is 2.30 bits per heavy atom. The summed E-state index contributed by atoms with van der Waals surface area (Å²) in [5.74, 6) is -0.606. The molecule has 4 rings (SSSR count). The number of hydrogen-bond acceptors (Lipinski definition) is 6. The van der Waals surface area contributed by atoms with E-state index in [1.54, 1.807) is 17.0 Å². The molecule has 138 valence electrons. The van der Waals surface area contributed by atoms with Crippen molar-refractivity contribution in [3.8, 4) is 11.8 Å². The van der Waals surface area contributed by atoms with Crippen molar-refractivity contribution < 1.29 is 14.3 Å². The second-order valence-corrected chi connectivity index (χ2v) is 6.40. The highest BCUT2D eigenvalue weighted by atomic mass is 16.5. The quantitative estimate of drug-likeness (QED) is 0.715. The first-order valence-electron chi connectivity index (χ1n) is 8.73. The van der Waals surface area contributed by atoms with E-state index in [0.717, 1.165) is 30.2 Å². The Morgan fingerprint density at radius 1 is 1.44 bits per heavy atom. The van der Waals surface area contributed by atoms with E-state index < -0.39 is 5.97 Å². The number of rotatable bonds is 3. The number of fused-ring (bicyclic) bond motifs is 1. The molecular formula is C19H19N5O3. The lowest BCUT2D eigenvalue weighted by Crippen LogP contribution is -2.20. The van der Waals surface area contributed by atoms with Crippen molar-refractivity contribution in [2.45, 2.75) is 25.5 Å². The van der Waals surface area contributed by atoms with Gasteiger partial charge >= 0.3 is 5.97 Å². The molecule has 0 aliphatic carbocycles. The Hall–Kier alpha value is -3.31. The molecule has 0 spiro atoms. The second-order valence-electron chi connectivity index (χ2n) is 6.40. The Labute approximate surface area is 155 Å². The van der Waals surface area contributed by atoms with Crippen LogP contribution in [0.1, 0.15) is 41.5 Å². The number of benzene rings is 1. The number of nitriles is 1. The topological polar surface area (TPSA) is 108 Å². The van der Waals surface area contributed by atoms with Gasteiger partial charge in [0.25, 0.3) is 0 Å². The first-order valence-corrected chi connectivity index (χ1v) is 8.73. The number of anilines is 1. The van der Waals surface area contributed by atoms with Crippen molar-refractivity contribution in [1.29, 1.82) is 5.26 Å². The molecule has 1 aliphatic rings. The van der Waals surface area contributed by atoms with Crippen molar-refractivity contribution in [3.63, 3.8) is 0 Å². The van der Waals surface area contributed by atoms with Gasteiger partial charge in [-0.25, -0.2) is 9.48 Å². The zero-order valence-corrected chi connectivity index (χ0v) is 14.9. The van der Waals surface area contributed by atoms with E-state index in [4.69, 9.17) is 15.2 Å². The molecule has 1 fully saturated rings. The number of nitrogen functional groups attached to an aromatic ring is 1. The van der Waals surface area contributed by atoms with E-state index in [1.165, 1.54) is 7.11 Å². The van der Waals surface area contributed by atoms with E-state index in [0.29, 0.717) is 12.3 Å². The molecule has 2 aromatic heterocycles. The van der Waals surface area contributed by atoms with Gasteiger partial charge in [-0.05, 0) is 25.3 Å². The summed E-state index contributed by atoms with van der Waals surface area (Å²) in [4.78, 5) is 12.3. The van der Waals surface area contributed by atoms with Gasteiger partial charge < -0.3 is 19.8 Å². The molecule has 3 aromatic rings. The molecule has 3 heterocycles. The normalized spacial score (nSPS) is 17.0. The number of carbonyl (C=O) groups is 1. The monoisotopic (exact) mass is 365 g/mol. The third-order valence-electron chi connectivity index (χ3n) is 4.83. The van der Waals surface area contributed by atoms with Gasteiger partial charge in [0.1, 0.15) is 6.07 Å². The zero-order chi connectivity index (χ0) is 19.0. The van der Waals surface area contributed by atoms with Gasteiger partial charge in [-0.15, -0.1) is 0 Å². The number of esters is 1. The van der Waals surface area contributed by atoms with Gasteiger partial charge in [-0.1, -0.05) is 12.1 Å². The maximum Gasteiger partial charge on any atom is 0.357 e. The number of ether oxygens (including phenoxy) is 2. The zero-order valence-electron chi connectivity index (χ0n) is 14.9. The first-order chi connectivity index (χ1) is 13.2. The van der Waals surface area contributed by atoms with Crippen LogP contribution >= 0.6 is 0 Å². The van der Waals surface area contributed by atoms with Crippen LogP contribution < -0.4 is 5.73 Å². The molecule has 1 unspecified atom stereocenters. The van der Waals surface area contributed by atoms with Crippen LogP contribution in [0, 0.1) is 11.3 Å². The summed E-state index contributed by atoms with van der Waals surface area (Å²) in [6, 6.07) is 7.70. The van der Waals surface area contributed by atoms with Gasteiger partial charge in [0.15, 0.2) is 11.9 Å². The predicted molar refractivity (Wildman–Crippen MR) is 98.4 cm³/mol. The van der Waals surface area contributed by atoms with Gasteiger partial charge in [0.2, 0.25) is 0 Å². The number of para-hydroxylation sites is 1. The summed E-state index contributed by atoms with van der Waals surface area (Å²) in [5.41, 5.74) is 7.98. The lowest BCUT2D eigenvalue weighted by molar-refractivity contribution is -0.0366.